The van der Waals surface area contributed by atoms with Crippen LogP contribution in [0, 0.1) is 24.2 Å². The van der Waals surface area contributed by atoms with Gasteiger partial charge in [0, 0.05) is 23.7 Å². The normalized spacial score (nSPS) is 10.9. The standard InChI is InChI=1S/C19H18BrN5O2.C5H9FO/c1-11(2)10-25(18-14(20)9-22-16(8-21)23-18)24-19(26)17-12(3)13-6-4-5-7-15(13)27-17;1-4(7)5(2,3)6/h4-7,9,11H,10H2,1-3H3,(H,24,26);1-3H3. The van der Waals surface area contributed by atoms with Crippen LogP contribution >= 0.6 is 15.9 Å². The molecule has 3 rings (SSSR count). The van der Waals surface area contributed by atoms with Gasteiger partial charge in [0.05, 0.1) is 4.47 Å². The number of nitrogens with one attached hydrogen (secondary N) is 1. The van der Waals surface area contributed by atoms with Crippen LogP contribution in [0.2, 0.25) is 0 Å². The van der Waals surface area contributed by atoms with Crippen LogP contribution in [-0.4, -0.2) is 33.9 Å². The first kappa shape index (κ1) is 26.9. The molecule has 0 atom stereocenters. The van der Waals surface area contributed by atoms with E-state index in [1.54, 1.807) is 5.01 Å². The van der Waals surface area contributed by atoms with Crippen LogP contribution in [0.1, 0.15) is 56.6 Å². The molecular weight excluding hydrogens is 505 g/mol. The fourth-order valence-electron chi connectivity index (χ4n) is 2.72. The smallest absolute Gasteiger partial charge is 0.305 e. The molecule has 34 heavy (non-hydrogen) atoms. The van der Waals surface area contributed by atoms with E-state index in [0.29, 0.717) is 22.4 Å². The SMILES string of the molecule is CC(=O)C(C)(C)F.Cc1c(C(=O)NN(CC(C)C)c2nc(C#N)ncc2Br)oc2ccccc12. The summed E-state index contributed by atoms with van der Waals surface area (Å²) in [6.07, 6.45) is 1.49. The number of anilines is 1. The van der Waals surface area contributed by atoms with Gasteiger partial charge in [0.15, 0.2) is 23.0 Å². The zero-order valence-corrected chi connectivity index (χ0v) is 21.5. The number of aryl methyl sites for hydroxylation is 1. The number of Topliss-reactive ketones (excluding diaryl/α,β-unsaturated/α-hetero) is 1. The maximum Gasteiger partial charge on any atom is 0.305 e. The van der Waals surface area contributed by atoms with Crippen molar-refractivity contribution in [1.82, 2.24) is 15.4 Å². The van der Waals surface area contributed by atoms with Crippen molar-refractivity contribution in [3.05, 3.63) is 52.1 Å². The molecule has 0 fully saturated rings. The maximum absolute atomic E-state index is 12.9. The summed E-state index contributed by atoms with van der Waals surface area (Å²) in [7, 11) is 0. The molecule has 1 N–H and O–H groups in total. The predicted molar refractivity (Wildman–Crippen MR) is 131 cm³/mol. The molecule has 0 aliphatic carbocycles. The number of nitrogens with zero attached hydrogens (tertiary/aromatic N) is 4. The predicted octanol–water partition coefficient (Wildman–Crippen LogP) is 5.30. The van der Waals surface area contributed by atoms with Crippen molar-refractivity contribution < 1.29 is 18.4 Å². The number of hydrogen-bond acceptors (Lipinski definition) is 7. The summed E-state index contributed by atoms with van der Waals surface area (Å²) < 4.78 is 18.5. The van der Waals surface area contributed by atoms with Crippen LogP contribution in [0.15, 0.2) is 39.4 Å². The summed E-state index contributed by atoms with van der Waals surface area (Å²) in [5, 5.41) is 11.6. The number of hydrogen-bond donors (Lipinski definition) is 1. The number of amides is 1. The highest BCUT2D eigenvalue weighted by Gasteiger charge is 2.23. The zero-order chi connectivity index (χ0) is 25.6. The van der Waals surface area contributed by atoms with Crippen LogP contribution in [0.5, 0.6) is 0 Å². The summed E-state index contributed by atoms with van der Waals surface area (Å²) in [5.74, 6) is 0.111. The number of carbonyl (C=O) groups excluding carboxylic acids is 2. The van der Waals surface area contributed by atoms with Crippen molar-refractivity contribution in [2.45, 2.75) is 47.2 Å². The number of carbonyl (C=O) groups is 2. The third-order valence-electron chi connectivity index (χ3n) is 4.75. The maximum atomic E-state index is 12.9. The minimum Gasteiger partial charge on any atom is -0.451 e. The molecule has 180 valence electrons. The zero-order valence-electron chi connectivity index (χ0n) is 19.9. The van der Waals surface area contributed by atoms with Crippen LogP contribution in [0.25, 0.3) is 11.0 Å². The lowest BCUT2D eigenvalue weighted by molar-refractivity contribution is -0.126. The second-order valence-corrected chi connectivity index (χ2v) is 9.36. The van der Waals surface area contributed by atoms with E-state index in [1.165, 1.54) is 27.0 Å². The van der Waals surface area contributed by atoms with Gasteiger partial charge in [-0.15, -0.1) is 0 Å². The second kappa shape index (κ2) is 11.2. The van der Waals surface area contributed by atoms with Gasteiger partial charge in [-0.25, -0.2) is 9.37 Å². The Morgan fingerprint density at radius 2 is 1.94 bits per heavy atom. The summed E-state index contributed by atoms with van der Waals surface area (Å²) in [6.45, 7) is 10.1. The van der Waals surface area contributed by atoms with Gasteiger partial charge in [0.25, 0.3) is 0 Å². The van der Waals surface area contributed by atoms with Crippen LogP contribution in [-0.2, 0) is 4.79 Å². The Bertz CT molecular complexity index is 1230. The van der Waals surface area contributed by atoms with Gasteiger partial charge >= 0.3 is 5.91 Å². The highest BCUT2D eigenvalue weighted by molar-refractivity contribution is 9.10. The van der Waals surface area contributed by atoms with Crippen molar-refractivity contribution in [1.29, 1.82) is 5.26 Å². The molecule has 0 aliphatic heterocycles. The number of rotatable bonds is 6. The molecule has 0 unspecified atom stereocenters. The number of para-hydroxylation sites is 1. The van der Waals surface area contributed by atoms with Gasteiger partial charge in [-0.05, 0) is 55.6 Å². The number of benzene rings is 1. The third-order valence-corrected chi connectivity index (χ3v) is 5.31. The Hall–Kier alpha value is -3.32. The minimum absolute atomic E-state index is 0.0242. The van der Waals surface area contributed by atoms with Crippen molar-refractivity contribution in [3.8, 4) is 6.07 Å². The third kappa shape index (κ3) is 6.84. The molecule has 3 aromatic rings. The fourth-order valence-corrected chi connectivity index (χ4v) is 3.12. The van der Waals surface area contributed by atoms with Gasteiger partial charge in [-0.1, -0.05) is 32.0 Å². The molecule has 0 saturated heterocycles. The first-order valence-corrected chi connectivity index (χ1v) is 11.3. The molecule has 2 heterocycles. The lowest BCUT2D eigenvalue weighted by Gasteiger charge is -2.26. The largest absolute Gasteiger partial charge is 0.451 e. The molecule has 0 bridgehead atoms. The number of alkyl halides is 1. The topological polar surface area (TPSA) is 112 Å². The molecule has 0 spiro atoms. The van der Waals surface area contributed by atoms with E-state index in [0.717, 1.165) is 10.9 Å². The number of ketones is 1. The van der Waals surface area contributed by atoms with Crippen molar-refractivity contribution in [2.75, 3.05) is 11.6 Å². The van der Waals surface area contributed by atoms with E-state index in [2.05, 4.69) is 31.3 Å². The number of hydrazine groups is 1. The van der Waals surface area contributed by atoms with E-state index < -0.39 is 11.5 Å². The van der Waals surface area contributed by atoms with Gasteiger partial charge < -0.3 is 4.42 Å². The average Bonchev–Trinajstić information content (AvgIpc) is 3.10. The van der Waals surface area contributed by atoms with Gasteiger partial charge in [-0.2, -0.15) is 10.2 Å². The summed E-state index contributed by atoms with van der Waals surface area (Å²) in [6, 6.07) is 9.41. The van der Waals surface area contributed by atoms with Gasteiger partial charge in [-0.3, -0.25) is 20.0 Å². The Balaban J connectivity index is 0.000000509. The van der Waals surface area contributed by atoms with Gasteiger partial charge in [0.1, 0.15) is 11.7 Å². The summed E-state index contributed by atoms with van der Waals surface area (Å²) in [5.41, 5.74) is 2.64. The molecule has 1 aromatic carbocycles. The number of fused-ring (bicyclic) bond motifs is 1. The quantitative estimate of drug-likeness (QED) is 0.429. The lowest BCUT2D eigenvalue weighted by Crippen LogP contribution is -2.45. The molecule has 0 saturated carbocycles. The van der Waals surface area contributed by atoms with E-state index in [9.17, 15) is 14.0 Å². The average molecular weight is 532 g/mol. The fraction of sp³-hybridized carbons (Fsp3) is 0.375. The first-order valence-electron chi connectivity index (χ1n) is 10.5. The molecule has 0 radical (unpaired) electrons. The van der Waals surface area contributed by atoms with Crippen LogP contribution in [0.4, 0.5) is 10.2 Å². The molecule has 10 heteroatoms. The van der Waals surface area contributed by atoms with E-state index in [4.69, 9.17) is 9.68 Å². The van der Waals surface area contributed by atoms with Crippen LogP contribution < -0.4 is 10.4 Å². The van der Waals surface area contributed by atoms with Gasteiger partial charge in [0.2, 0.25) is 5.82 Å². The summed E-state index contributed by atoms with van der Waals surface area (Å²) in [4.78, 5) is 31.1. The molecule has 0 aliphatic rings. The monoisotopic (exact) mass is 531 g/mol. The lowest BCUT2D eigenvalue weighted by atomic mass is 10.1. The van der Waals surface area contributed by atoms with E-state index >= 15 is 0 Å². The first-order chi connectivity index (χ1) is 15.8. The van der Waals surface area contributed by atoms with E-state index in [1.807, 2.05) is 51.1 Å². The Labute approximate surface area is 206 Å². The van der Waals surface area contributed by atoms with Crippen molar-refractivity contribution in [3.63, 3.8) is 0 Å². The van der Waals surface area contributed by atoms with Crippen molar-refractivity contribution in [2.24, 2.45) is 5.92 Å². The Morgan fingerprint density at radius 1 is 1.32 bits per heavy atom. The highest BCUT2D eigenvalue weighted by atomic mass is 79.9. The number of halogens is 2. The number of furan rings is 1. The second-order valence-electron chi connectivity index (χ2n) is 8.50. The number of aromatic nitrogens is 2. The molecular formula is C24H27BrFN5O3. The Morgan fingerprint density at radius 3 is 2.47 bits per heavy atom. The van der Waals surface area contributed by atoms with E-state index in [-0.39, 0.29) is 23.4 Å². The minimum atomic E-state index is -1.64. The van der Waals surface area contributed by atoms with Crippen molar-refractivity contribution >= 4 is 44.4 Å². The Kier molecular flexibility index (Phi) is 8.87. The number of nitriles is 1. The summed E-state index contributed by atoms with van der Waals surface area (Å²) >= 11 is 3.39. The molecule has 8 nitrogen and oxygen atoms in total. The molecule has 2 aromatic heterocycles. The van der Waals surface area contributed by atoms with Crippen LogP contribution in [0.3, 0.4) is 0 Å². The highest BCUT2D eigenvalue weighted by Crippen LogP contribution is 2.26. The molecule has 1 amide bonds.